The number of carboxylic acid groups (broad SMARTS) is 1. The average molecular weight is 400 g/mol. The van der Waals surface area contributed by atoms with E-state index in [1.54, 1.807) is 30.5 Å². The minimum absolute atomic E-state index is 0.102. The highest BCUT2D eigenvalue weighted by Gasteiger charge is 2.14. The highest BCUT2D eigenvalue weighted by Crippen LogP contribution is 2.26. The molecule has 0 amide bonds. The van der Waals surface area contributed by atoms with Crippen molar-refractivity contribution in [3.63, 3.8) is 0 Å². The summed E-state index contributed by atoms with van der Waals surface area (Å²) in [6, 6.07) is 16.8. The Morgan fingerprint density at radius 1 is 1.10 bits per heavy atom. The molecular formula is C23H20N4O3. The molecule has 0 fully saturated rings. The SMILES string of the molecule is CCOc1ccc(-c2ccnc(NCc3cnc4ccccc4c3)n2)cc1C(=O)O. The minimum atomic E-state index is -1.04. The number of nitrogens with zero attached hydrogens (tertiary/aromatic N) is 3. The first-order chi connectivity index (χ1) is 14.6. The Balaban J connectivity index is 1.55. The van der Waals surface area contributed by atoms with E-state index in [-0.39, 0.29) is 5.56 Å². The monoisotopic (exact) mass is 400 g/mol. The van der Waals surface area contributed by atoms with Gasteiger partial charge in [0.05, 0.1) is 17.8 Å². The van der Waals surface area contributed by atoms with Gasteiger partial charge in [-0.15, -0.1) is 0 Å². The fourth-order valence-electron chi connectivity index (χ4n) is 3.14. The van der Waals surface area contributed by atoms with Crippen LogP contribution in [0, 0.1) is 0 Å². The molecule has 0 saturated heterocycles. The maximum Gasteiger partial charge on any atom is 0.339 e. The van der Waals surface area contributed by atoms with Crippen LogP contribution in [0.5, 0.6) is 5.75 Å². The van der Waals surface area contributed by atoms with Crippen LogP contribution >= 0.6 is 0 Å². The van der Waals surface area contributed by atoms with E-state index in [0.29, 0.717) is 36.1 Å². The van der Waals surface area contributed by atoms with E-state index in [2.05, 4.69) is 26.3 Å². The number of pyridine rings is 1. The van der Waals surface area contributed by atoms with Gasteiger partial charge >= 0.3 is 5.97 Å². The van der Waals surface area contributed by atoms with E-state index in [1.807, 2.05) is 37.4 Å². The second kappa shape index (κ2) is 8.57. The molecule has 150 valence electrons. The van der Waals surface area contributed by atoms with Crippen molar-refractivity contribution in [2.24, 2.45) is 0 Å². The predicted octanol–water partition coefficient (Wildman–Crippen LogP) is 4.40. The summed E-state index contributed by atoms with van der Waals surface area (Å²) in [5.74, 6) is -0.257. The highest BCUT2D eigenvalue weighted by molar-refractivity contribution is 5.92. The van der Waals surface area contributed by atoms with Gasteiger partial charge in [0.2, 0.25) is 5.95 Å². The summed E-state index contributed by atoms with van der Waals surface area (Å²) in [5, 5.41) is 13.7. The van der Waals surface area contributed by atoms with Gasteiger partial charge in [-0.25, -0.2) is 14.8 Å². The van der Waals surface area contributed by atoms with Crippen LogP contribution in [-0.4, -0.2) is 32.6 Å². The molecule has 0 spiro atoms. The zero-order chi connectivity index (χ0) is 20.9. The number of fused-ring (bicyclic) bond motifs is 1. The zero-order valence-corrected chi connectivity index (χ0v) is 16.4. The number of ether oxygens (including phenoxy) is 1. The van der Waals surface area contributed by atoms with Gasteiger partial charge in [-0.2, -0.15) is 0 Å². The summed E-state index contributed by atoms with van der Waals surface area (Å²) in [7, 11) is 0. The Labute approximate surface area is 173 Å². The van der Waals surface area contributed by atoms with Gasteiger partial charge in [0.25, 0.3) is 0 Å². The van der Waals surface area contributed by atoms with Crippen LogP contribution in [0.1, 0.15) is 22.8 Å². The van der Waals surface area contributed by atoms with Crippen molar-refractivity contribution in [1.29, 1.82) is 0 Å². The molecule has 2 N–H and O–H groups in total. The van der Waals surface area contributed by atoms with Gasteiger partial charge in [0.15, 0.2) is 0 Å². The minimum Gasteiger partial charge on any atom is -0.493 e. The normalized spacial score (nSPS) is 10.7. The molecule has 4 rings (SSSR count). The Morgan fingerprint density at radius 2 is 1.97 bits per heavy atom. The lowest BCUT2D eigenvalue weighted by molar-refractivity contribution is 0.0692. The lowest BCUT2D eigenvalue weighted by Gasteiger charge is -2.10. The van der Waals surface area contributed by atoms with Crippen molar-refractivity contribution >= 4 is 22.8 Å². The largest absolute Gasteiger partial charge is 0.493 e. The fraction of sp³-hybridized carbons (Fsp3) is 0.130. The molecule has 4 aromatic rings. The number of carboxylic acids is 1. The van der Waals surface area contributed by atoms with E-state index in [1.165, 1.54) is 0 Å². The molecule has 0 radical (unpaired) electrons. The molecule has 2 aromatic heterocycles. The van der Waals surface area contributed by atoms with Gasteiger partial charge in [-0.1, -0.05) is 18.2 Å². The van der Waals surface area contributed by atoms with Crippen LogP contribution in [0.25, 0.3) is 22.2 Å². The van der Waals surface area contributed by atoms with Crippen LogP contribution in [-0.2, 0) is 6.54 Å². The molecule has 2 heterocycles. The zero-order valence-electron chi connectivity index (χ0n) is 16.4. The second-order valence-electron chi connectivity index (χ2n) is 6.60. The summed E-state index contributed by atoms with van der Waals surface area (Å²) in [5.41, 5.74) is 3.36. The van der Waals surface area contributed by atoms with Crippen molar-refractivity contribution in [2.45, 2.75) is 13.5 Å². The molecular weight excluding hydrogens is 380 g/mol. The number of aromatic carboxylic acids is 1. The third kappa shape index (κ3) is 4.20. The summed E-state index contributed by atoms with van der Waals surface area (Å²) in [6.07, 6.45) is 3.46. The number of para-hydroxylation sites is 1. The lowest BCUT2D eigenvalue weighted by Crippen LogP contribution is -2.05. The molecule has 0 aliphatic heterocycles. The Kier molecular flexibility index (Phi) is 5.52. The number of anilines is 1. The maximum absolute atomic E-state index is 11.6. The molecule has 30 heavy (non-hydrogen) atoms. The number of hydrogen-bond donors (Lipinski definition) is 2. The van der Waals surface area contributed by atoms with E-state index >= 15 is 0 Å². The molecule has 0 aliphatic carbocycles. The van der Waals surface area contributed by atoms with Crippen LogP contribution < -0.4 is 10.1 Å². The summed E-state index contributed by atoms with van der Waals surface area (Å²) in [4.78, 5) is 24.8. The Bertz CT molecular complexity index is 1210. The molecule has 7 nitrogen and oxygen atoms in total. The molecule has 0 aliphatic rings. The van der Waals surface area contributed by atoms with E-state index in [9.17, 15) is 9.90 Å². The van der Waals surface area contributed by atoms with Crippen molar-refractivity contribution in [1.82, 2.24) is 15.0 Å². The molecule has 0 unspecified atom stereocenters. The standard InChI is InChI=1S/C23H20N4O3/c1-2-30-21-8-7-17(12-18(21)22(28)29)20-9-10-24-23(27-20)26-14-15-11-16-5-3-4-6-19(16)25-13-15/h3-13H,2,14H2,1H3,(H,28,29)(H,24,26,27). The molecule has 0 bridgehead atoms. The number of nitrogens with one attached hydrogen (secondary N) is 1. The van der Waals surface area contributed by atoms with Crippen LogP contribution in [0.3, 0.4) is 0 Å². The number of rotatable bonds is 7. The van der Waals surface area contributed by atoms with Crippen molar-refractivity contribution in [2.75, 3.05) is 11.9 Å². The fourth-order valence-corrected chi connectivity index (χ4v) is 3.14. The first kappa shape index (κ1) is 19.3. The molecule has 0 atom stereocenters. The second-order valence-corrected chi connectivity index (χ2v) is 6.60. The van der Waals surface area contributed by atoms with E-state index in [0.717, 1.165) is 16.5 Å². The summed E-state index contributed by atoms with van der Waals surface area (Å²) < 4.78 is 5.40. The smallest absolute Gasteiger partial charge is 0.339 e. The van der Waals surface area contributed by atoms with E-state index < -0.39 is 5.97 Å². The quantitative estimate of drug-likeness (QED) is 0.474. The number of aromatic nitrogens is 3. The third-order valence-electron chi connectivity index (χ3n) is 4.56. The van der Waals surface area contributed by atoms with E-state index in [4.69, 9.17) is 4.74 Å². The number of benzene rings is 2. The van der Waals surface area contributed by atoms with Gasteiger partial charge < -0.3 is 15.2 Å². The number of hydrogen-bond acceptors (Lipinski definition) is 6. The van der Waals surface area contributed by atoms with Crippen molar-refractivity contribution in [3.05, 3.63) is 78.1 Å². The summed E-state index contributed by atoms with van der Waals surface area (Å²) in [6.45, 7) is 2.72. The first-order valence-electron chi connectivity index (χ1n) is 9.55. The highest BCUT2D eigenvalue weighted by atomic mass is 16.5. The van der Waals surface area contributed by atoms with Gasteiger partial charge in [-0.05, 0) is 48.9 Å². The van der Waals surface area contributed by atoms with Crippen LogP contribution in [0.2, 0.25) is 0 Å². The van der Waals surface area contributed by atoms with Crippen LogP contribution in [0.4, 0.5) is 5.95 Å². The van der Waals surface area contributed by atoms with Crippen molar-refractivity contribution in [3.8, 4) is 17.0 Å². The summed E-state index contributed by atoms with van der Waals surface area (Å²) >= 11 is 0. The van der Waals surface area contributed by atoms with Crippen molar-refractivity contribution < 1.29 is 14.6 Å². The topological polar surface area (TPSA) is 97.2 Å². The average Bonchev–Trinajstić information content (AvgIpc) is 2.78. The molecule has 7 heteroatoms. The number of carbonyl (C=O) groups is 1. The third-order valence-corrected chi connectivity index (χ3v) is 4.56. The van der Waals surface area contributed by atoms with Gasteiger partial charge in [0, 0.05) is 29.9 Å². The maximum atomic E-state index is 11.6. The Hall–Kier alpha value is -4.00. The predicted molar refractivity (Wildman–Crippen MR) is 115 cm³/mol. The first-order valence-corrected chi connectivity index (χ1v) is 9.55. The van der Waals surface area contributed by atoms with Gasteiger partial charge in [0.1, 0.15) is 11.3 Å². The molecule has 2 aromatic carbocycles. The van der Waals surface area contributed by atoms with Crippen LogP contribution in [0.15, 0.2) is 67.0 Å². The Morgan fingerprint density at radius 3 is 2.80 bits per heavy atom. The lowest BCUT2D eigenvalue weighted by atomic mass is 10.1. The molecule has 0 saturated carbocycles. The van der Waals surface area contributed by atoms with Gasteiger partial charge in [-0.3, -0.25) is 4.98 Å².